The summed E-state index contributed by atoms with van der Waals surface area (Å²) in [6.45, 7) is 1.28. The van der Waals surface area contributed by atoms with Crippen LogP contribution >= 0.6 is 0 Å². The fraction of sp³-hybridized carbons (Fsp3) is 0.350. The molecule has 1 aromatic carbocycles. The lowest BCUT2D eigenvalue weighted by atomic mass is 10.0. The van der Waals surface area contributed by atoms with Crippen LogP contribution in [-0.2, 0) is 11.2 Å². The lowest BCUT2D eigenvalue weighted by Gasteiger charge is -2.32. The molecular weight excluding hydrogens is 330 g/mol. The van der Waals surface area contributed by atoms with E-state index in [4.69, 9.17) is 4.74 Å². The second-order valence-corrected chi connectivity index (χ2v) is 6.40. The standard InChI is InChI=1S/C20H23N3O3/c1-26-18-6-4-15(5-7-18)13-19(24)22-17-8-11-23(12-9-17)20(25)16-3-2-10-21-14-16/h2-7,10,14,17H,8-9,11-13H2,1H3,(H,22,24). The van der Waals surface area contributed by atoms with Crippen LogP contribution in [0.4, 0.5) is 0 Å². The van der Waals surface area contributed by atoms with Crippen LogP contribution in [0.3, 0.4) is 0 Å². The third kappa shape index (κ3) is 4.59. The molecule has 0 atom stereocenters. The van der Waals surface area contributed by atoms with Crippen molar-refractivity contribution in [1.29, 1.82) is 0 Å². The van der Waals surface area contributed by atoms with Gasteiger partial charge in [0.05, 0.1) is 19.1 Å². The van der Waals surface area contributed by atoms with Crippen molar-refractivity contribution in [2.75, 3.05) is 20.2 Å². The molecule has 136 valence electrons. The van der Waals surface area contributed by atoms with Gasteiger partial charge in [-0.1, -0.05) is 12.1 Å². The van der Waals surface area contributed by atoms with Crippen molar-refractivity contribution in [3.05, 3.63) is 59.9 Å². The number of methoxy groups -OCH3 is 1. The first kappa shape index (κ1) is 17.9. The number of hydrogen-bond acceptors (Lipinski definition) is 4. The number of hydrogen-bond donors (Lipinski definition) is 1. The molecule has 26 heavy (non-hydrogen) atoms. The summed E-state index contributed by atoms with van der Waals surface area (Å²) in [5.74, 6) is 0.785. The largest absolute Gasteiger partial charge is 0.497 e. The van der Waals surface area contributed by atoms with E-state index in [0.717, 1.165) is 24.2 Å². The summed E-state index contributed by atoms with van der Waals surface area (Å²) in [5.41, 5.74) is 1.56. The van der Waals surface area contributed by atoms with Gasteiger partial charge in [0.15, 0.2) is 0 Å². The van der Waals surface area contributed by atoms with Crippen molar-refractivity contribution in [3.63, 3.8) is 0 Å². The van der Waals surface area contributed by atoms with E-state index in [1.54, 1.807) is 31.6 Å². The molecule has 1 aliphatic rings. The molecule has 0 saturated carbocycles. The van der Waals surface area contributed by atoms with E-state index in [0.29, 0.717) is 25.1 Å². The molecule has 0 radical (unpaired) electrons. The number of carbonyl (C=O) groups excluding carboxylic acids is 2. The number of amides is 2. The van der Waals surface area contributed by atoms with Crippen molar-refractivity contribution in [2.24, 2.45) is 0 Å². The molecule has 1 fully saturated rings. The van der Waals surface area contributed by atoms with Gasteiger partial charge in [-0.2, -0.15) is 0 Å². The van der Waals surface area contributed by atoms with E-state index in [1.165, 1.54) is 0 Å². The number of benzene rings is 1. The molecule has 0 spiro atoms. The molecule has 1 N–H and O–H groups in total. The van der Waals surface area contributed by atoms with E-state index in [1.807, 2.05) is 29.2 Å². The Morgan fingerprint density at radius 1 is 1.19 bits per heavy atom. The number of pyridine rings is 1. The topological polar surface area (TPSA) is 71.5 Å². The van der Waals surface area contributed by atoms with Gasteiger partial charge < -0.3 is 15.0 Å². The number of aromatic nitrogens is 1. The van der Waals surface area contributed by atoms with E-state index < -0.39 is 0 Å². The average molecular weight is 353 g/mol. The number of piperidine rings is 1. The third-order valence-corrected chi connectivity index (χ3v) is 4.58. The van der Waals surface area contributed by atoms with Crippen molar-refractivity contribution in [3.8, 4) is 5.75 Å². The first-order valence-corrected chi connectivity index (χ1v) is 8.77. The fourth-order valence-corrected chi connectivity index (χ4v) is 3.11. The van der Waals surface area contributed by atoms with Gasteiger partial charge in [-0.25, -0.2) is 0 Å². The summed E-state index contributed by atoms with van der Waals surface area (Å²) in [7, 11) is 1.62. The number of carbonyl (C=O) groups is 2. The van der Waals surface area contributed by atoms with E-state index in [9.17, 15) is 9.59 Å². The molecule has 3 rings (SSSR count). The fourth-order valence-electron chi connectivity index (χ4n) is 3.11. The minimum absolute atomic E-state index is 0.00103. The second kappa shape index (κ2) is 8.47. The van der Waals surface area contributed by atoms with Gasteiger partial charge in [0, 0.05) is 31.5 Å². The van der Waals surface area contributed by atoms with Gasteiger partial charge in [0.25, 0.3) is 5.91 Å². The normalized spacial score (nSPS) is 14.7. The molecule has 2 amide bonds. The maximum absolute atomic E-state index is 12.4. The number of ether oxygens (including phenoxy) is 1. The Morgan fingerprint density at radius 3 is 2.54 bits per heavy atom. The lowest BCUT2D eigenvalue weighted by molar-refractivity contribution is -0.121. The predicted molar refractivity (Wildman–Crippen MR) is 98.0 cm³/mol. The third-order valence-electron chi connectivity index (χ3n) is 4.58. The molecule has 1 saturated heterocycles. The van der Waals surface area contributed by atoms with Crippen molar-refractivity contribution < 1.29 is 14.3 Å². The Labute approximate surface area is 153 Å². The van der Waals surface area contributed by atoms with Crippen LogP contribution in [0.15, 0.2) is 48.8 Å². The number of likely N-dealkylation sites (tertiary alicyclic amines) is 1. The molecule has 2 aromatic rings. The monoisotopic (exact) mass is 353 g/mol. The van der Waals surface area contributed by atoms with Crippen LogP contribution in [0, 0.1) is 0 Å². The highest BCUT2D eigenvalue weighted by molar-refractivity contribution is 5.93. The van der Waals surface area contributed by atoms with Crippen LogP contribution in [0.25, 0.3) is 0 Å². The van der Waals surface area contributed by atoms with Crippen LogP contribution in [0.1, 0.15) is 28.8 Å². The zero-order valence-corrected chi connectivity index (χ0v) is 14.9. The molecule has 6 nitrogen and oxygen atoms in total. The van der Waals surface area contributed by atoms with Crippen molar-refractivity contribution in [2.45, 2.75) is 25.3 Å². The van der Waals surface area contributed by atoms with E-state index in [-0.39, 0.29) is 17.9 Å². The SMILES string of the molecule is COc1ccc(CC(=O)NC2CCN(C(=O)c3cccnc3)CC2)cc1. The Kier molecular flexibility index (Phi) is 5.84. The maximum Gasteiger partial charge on any atom is 0.255 e. The van der Waals surface area contributed by atoms with Crippen LogP contribution in [0.5, 0.6) is 5.75 Å². The molecule has 0 unspecified atom stereocenters. The van der Waals surface area contributed by atoms with Gasteiger partial charge in [-0.3, -0.25) is 14.6 Å². The highest BCUT2D eigenvalue weighted by Crippen LogP contribution is 2.15. The molecule has 6 heteroatoms. The van der Waals surface area contributed by atoms with Gasteiger partial charge in [0.1, 0.15) is 5.75 Å². The van der Waals surface area contributed by atoms with Gasteiger partial charge in [-0.05, 0) is 42.7 Å². The van der Waals surface area contributed by atoms with Crippen molar-refractivity contribution >= 4 is 11.8 Å². The number of nitrogens with zero attached hydrogens (tertiary/aromatic N) is 2. The summed E-state index contributed by atoms with van der Waals surface area (Å²) in [4.78, 5) is 30.5. The molecule has 1 aromatic heterocycles. The predicted octanol–water partition coefficient (Wildman–Crippen LogP) is 2.05. The minimum atomic E-state index is 0.00103. The highest BCUT2D eigenvalue weighted by atomic mass is 16.5. The van der Waals surface area contributed by atoms with E-state index in [2.05, 4.69) is 10.3 Å². The van der Waals surface area contributed by atoms with Crippen molar-refractivity contribution in [1.82, 2.24) is 15.2 Å². The quantitative estimate of drug-likeness (QED) is 0.893. The summed E-state index contributed by atoms with van der Waals surface area (Å²) >= 11 is 0. The summed E-state index contributed by atoms with van der Waals surface area (Å²) in [5, 5.41) is 3.07. The van der Waals surface area contributed by atoms with Gasteiger partial charge >= 0.3 is 0 Å². The Balaban J connectivity index is 1.46. The first-order valence-electron chi connectivity index (χ1n) is 8.77. The lowest BCUT2D eigenvalue weighted by Crippen LogP contribution is -2.46. The molecular formula is C20H23N3O3. The summed E-state index contributed by atoms with van der Waals surface area (Å²) < 4.78 is 5.12. The Hall–Kier alpha value is -2.89. The zero-order chi connectivity index (χ0) is 18.4. The molecule has 2 heterocycles. The molecule has 0 bridgehead atoms. The van der Waals surface area contributed by atoms with Crippen LogP contribution in [0.2, 0.25) is 0 Å². The van der Waals surface area contributed by atoms with Gasteiger partial charge in [-0.15, -0.1) is 0 Å². The number of rotatable bonds is 5. The summed E-state index contributed by atoms with van der Waals surface area (Å²) in [6, 6.07) is 11.1. The molecule has 0 aliphatic carbocycles. The Morgan fingerprint density at radius 2 is 1.92 bits per heavy atom. The van der Waals surface area contributed by atoms with Crippen LogP contribution < -0.4 is 10.1 Å². The summed E-state index contributed by atoms with van der Waals surface area (Å²) in [6.07, 6.45) is 5.12. The van der Waals surface area contributed by atoms with Crippen LogP contribution in [-0.4, -0.2) is 47.9 Å². The zero-order valence-electron chi connectivity index (χ0n) is 14.9. The minimum Gasteiger partial charge on any atom is -0.497 e. The van der Waals surface area contributed by atoms with Gasteiger partial charge in [0.2, 0.25) is 5.91 Å². The second-order valence-electron chi connectivity index (χ2n) is 6.40. The first-order chi connectivity index (χ1) is 12.7. The Bertz CT molecular complexity index is 739. The highest BCUT2D eigenvalue weighted by Gasteiger charge is 2.24. The van der Waals surface area contributed by atoms with E-state index >= 15 is 0 Å². The molecule has 1 aliphatic heterocycles. The number of nitrogens with one attached hydrogen (secondary N) is 1. The average Bonchev–Trinajstić information content (AvgIpc) is 2.69. The smallest absolute Gasteiger partial charge is 0.255 e. The maximum atomic E-state index is 12.4.